The second-order valence-corrected chi connectivity index (χ2v) is 3.13. The lowest BCUT2D eigenvalue weighted by Gasteiger charge is -1.98. The predicted octanol–water partition coefficient (Wildman–Crippen LogP) is 1.01. The van der Waals surface area contributed by atoms with Crippen molar-refractivity contribution in [3.8, 4) is 5.88 Å². The summed E-state index contributed by atoms with van der Waals surface area (Å²) in [6.07, 6.45) is 2.21. The Morgan fingerprint density at radius 3 is 2.92 bits per heavy atom. The highest BCUT2D eigenvalue weighted by molar-refractivity contribution is 6.00. The summed E-state index contributed by atoms with van der Waals surface area (Å²) in [5.74, 6) is 0.659. The topological polar surface area (TPSA) is 39.4 Å². The molecule has 0 aromatic carbocycles. The first-order valence-corrected chi connectivity index (χ1v) is 4.43. The Morgan fingerprint density at radius 2 is 2.38 bits per heavy atom. The molecular formula is C9H13N3O. The molecule has 2 rings (SSSR count). The van der Waals surface area contributed by atoms with Gasteiger partial charge < -0.3 is 4.74 Å². The third-order valence-corrected chi connectivity index (χ3v) is 2.24. The van der Waals surface area contributed by atoms with E-state index in [9.17, 15) is 0 Å². The number of hydrogen-bond acceptors (Lipinski definition) is 3. The first-order valence-electron chi connectivity index (χ1n) is 4.43. The number of ether oxygens (including phenoxy) is 1. The van der Waals surface area contributed by atoms with Crippen LogP contribution in [0.4, 0.5) is 0 Å². The number of methoxy groups -OCH3 is 1. The highest BCUT2D eigenvalue weighted by atomic mass is 16.5. The summed E-state index contributed by atoms with van der Waals surface area (Å²) in [4.78, 5) is 4.41. The van der Waals surface area contributed by atoms with Crippen LogP contribution in [0.15, 0.2) is 11.1 Å². The molecule has 0 aliphatic carbocycles. The van der Waals surface area contributed by atoms with Gasteiger partial charge in [0.1, 0.15) is 0 Å². The van der Waals surface area contributed by atoms with E-state index in [0.29, 0.717) is 5.88 Å². The molecule has 4 nitrogen and oxygen atoms in total. The average Bonchev–Trinajstić information content (AvgIpc) is 2.72. The van der Waals surface area contributed by atoms with Crippen molar-refractivity contribution in [2.75, 3.05) is 13.7 Å². The molecular weight excluding hydrogens is 166 g/mol. The van der Waals surface area contributed by atoms with Crippen molar-refractivity contribution in [3.05, 3.63) is 11.8 Å². The molecule has 0 spiro atoms. The van der Waals surface area contributed by atoms with E-state index in [1.165, 1.54) is 0 Å². The van der Waals surface area contributed by atoms with Crippen molar-refractivity contribution in [2.45, 2.75) is 12.8 Å². The van der Waals surface area contributed by atoms with Crippen LogP contribution in [0.5, 0.6) is 5.88 Å². The van der Waals surface area contributed by atoms with E-state index in [4.69, 9.17) is 4.74 Å². The van der Waals surface area contributed by atoms with Crippen LogP contribution in [0.2, 0.25) is 0 Å². The van der Waals surface area contributed by atoms with E-state index in [2.05, 4.69) is 10.1 Å². The van der Waals surface area contributed by atoms with E-state index in [-0.39, 0.29) is 0 Å². The molecule has 13 heavy (non-hydrogen) atoms. The molecule has 0 saturated heterocycles. The van der Waals surface area contributed by atoms with Crippen LogP contribution in [-0.4, -0.2) is 29.1 Å². The molecule has 4 heteroatoms. The van der Waals surface area contributed by atoms with E-state index in [1.54, 1.807) is 7.11 Å². The van der Waals surface area contributed by atoms with E-state index >= 15 is 0 Å². The summed E-state index contributed by atoms with van der Waals surface area (Å²) in [6, 6.07) is 1.93. The van der Waals surface area contributed by atoms with Gasteiger partial charge >= 0.3 is 0 Å². The van der Waals surface area contributed by atoms with Gasteiger partial charge in [0.2, 0.25) is 5.88 Å². The lowest BCUT2D eigenvalue weighted by molar-refractivity contribution is 0.392. The Kier molecular flexibility index (Phi) is 2.04. The number of aryl methyl sites for hydroxylation is 1. The van der Waals surface area contributed by atoms with Crippen molar-refractivity contribution in [3.63, 3.8) is 0 Å². The number of rotatable bonds is 2. The monoisotopic (exact) mass is 179 g/mol. The van der Waals surface area contributed by atoms with E-state index in [0.717, 1.165) is 30.8 Å². The van der Waals surface area contributed by atoms with Gasteiger partial charge in [-0.2, -0.15) is 0 Å². The van der Waals surface area contributed by atoms with Crippen molar-refractivity contribution >= 4 is 5.71 Å². The summed E-state index contributed by atoms with van der Waals surface area (Å²) in [5, 5.41) is 4.19. The van der Waals surface area contributed by atoms with Gasteiger partial charge in [-0.15, -0.1) is 5.10 Å². The zero-order valence-corrected chi connectivity index (χ0v) is 7.95. The maximum Gasteiger partial charge on any atom is 0.233 e. The van der Waals surface area contributed by atoms with Crippen LogP contribution in [0.1, 0.15) is 18.5 Å². The molecule has 0 fully saturated rings. The zero-order valence-electron chi connectivity index (χ0n) is 7.95. The van der Waals surface area contributed by atoms with Gasteiger partial charge in [0, 0.05) is 19.7 Å². The molecule has 0 radical (unpaired) electrons. The van der Waals surface area contributed by atoms with Crippen LogP contribution in [0, 0.1) is 0 Å². The van der Waals surface area contributed by atoms with Gasteiger partial charge in [-0.1, -0.05) is 0 Å². The van der Waals surface area contributed by atoms with E-state index in [1.807, 2.05) is 17.8 Å². The standard InChI is InChI=1S/C9H13N3O/c1-12-8(6-9(11-12)13-2)7-4-3-5-10-7/h6H,3-5H2,1-2H3. The fourth-order valence-corrected chi connectivity index (χ4v) is 1.56. The average molecular weight is 179 g/mol. The molecule has 1 aliphatic heterocycles. The molecule has 1 aromatic heterocycles. The number of nitrogens with zero attached hydrogens (tertiary/aromatic N) is 3. The van der Waals surface area contributed by atoms with Crippen LogP contribution in [0.3, 0.4) is 0 Å². The second kappa shape index (κ2) is 3.20. The normalized spacial score (nSPS) is 16.0. The van der Waals surface area contributed by atoms with Crippen LogP contribution in [-0.2, 0) is 7.05 Å². The molecule has 0 atom stereocenters. The molecule has 0 amide bonds. The molecule has 0 saturated carbocycles. The Balaban J connectivity index is 2.33. The predicted molar refractivity (Wildman–Crippen MR) is 50.4 cm³/mol. The second-order valence-electron chi connectivity index (χ2n) is 3.13. The summed E-state index contributed by atoms with van der Waals surface area (Å²) in [6.45, 7) is 0.947. The fraction of sp³-hybridized carbons (Fsp3) is 0.556. The van der Waals surface area contributed by atoms with Crippen LogP contribution in [0.25, 0.3) is 0 Å². The van der Waals surface area contributed by atoms with Gasteiger partial charge in [0.15, 0.2) is 0 Å². The maximum absolute atomic E-state index is 5.05. The molecule has 2 heterocycles. The Hall–Kier alpha value is -1.32. The molecule has 70 valence electrons. The summed E-state index contributed by atoms with van der Waals surface area (Å²) in [7, 11) is 3.54. The van der Waals surface area contributed by atoms with E-state index < -0.39 is 0 Å². The van der Waals surface area contributed by atoms with Gasteiger partial charge in [-0.25, -0.2) is 0 Å². The lowest BCUT2D eigenvalue weighted by Crippen LogP contribution is -2.04. The van der Waals surface area contributed by atoms with Crippen LogP contribution >= 0.6 is 0 Å². The minimum atomic E-state index is 0.659. The van der Waals surface area contributed by atoms with Crippen molar-refractivity contribution in [2.24, 2.45) is 12.0 Å². The summed E-state index contributed by atoms with van der Waals surface area (Å²) < 4.78 is 6.87. The Labute approximate surface area is 77.2 Å². The quantitative estimate of drug-likeness (QED) is 0.679. The Morgan fingerprint density at radius 1 is 1.54 bits per heavy atom. The SMILES string of the molecule is COc1cc(C2=NCCC2)n(C)n1. The molecule has 1 aromatic rings. The Bertz CT molecular complexity index is 341. The van der Waals surface area contributed by atoms with Crippen molar-refractivity contribution < 1.29 is 4.74 Å². The van der Waals surface area contributed by atoms with Crippen molar-refractivity contribution in [1.82, 2.24) is 9.78 Å². The third-order valence-electron chi connectivity index (χ3n) is 2.24. The first kappa shape index (κ1) is 8.29. The minimum Gasteiger partial charge on any atom is -0.480 e. The van der Waals surface area contributed by atoms with Crippen molar-refractivity contribution in [1.29, 1.82) is 0 Å². The van der Waals surface area contributed by atoms with Gasteiger partial charge in [0.05, 0.1) is 18.5 Å². The number of aromatic nitrogens is 2. The number of aliphatic imine (C=N–C) groups is 1. The smallest absolute Gasteiger partial charge is 0.233 e. The number of hydrogen-bond donors (Lipinski definition) is 0. The zero-order chi connectivity index (χ0) is 9.26. The minimum absolute atomic E-state index is 0.659. The van der Waals surface area contributed by atoms with Crippen LogP contribution < -0.4 is 4.74 Å². The summed E-state index contributed by atoms with van der Waals surface area (Å²) in [5.41, 5.74) is 2.23. The lowest BCUT2D eigenvalue weighted by atomic mass is 10.2. The highest BCUT2D eigenvalue weighted by Gasteiger charge is 2.14. The highest BCUT2D eigenvalue weighted by Crippen LogP contribution is 2.16. The first-order chi connectivity index (χ1) is 6.31. The molecule has 0 unspecified atom stereocenters. The van der Waals surface area contributed by atoms with Gasteiger partial charge in [-0.3, -0.25) is 9.67 Å². The molecule has 0 bridgehead atoms. The van der Waals surface area contributed by atoms with Gasteiger partial charge in [0.25, 0.3) is 0 Å². The van der Waals surface area contributed by atoms with Gasteiger partial charge in [-0.05, 0) is 12.8 Å². The fourth-order valence-electron chi connectivity index (χ4n) is 1.56. The third kappa shape index (κ3) is 1.43. The molecule has 0 N–H and O–H groups in total. The summed E-state index contributed by atoms with van der Waals surface area (Å²) >= 11 is 0. The molecule has 1 aliphatic rings. The maximum atomic E-state index is 5.05. The largest absolute Gasteiger partial charge is 0.480 e.